The van der Waals surface area contributed by atoms with Crippen LogP contribution in [0.3, 0.4) is 0 Å². The summed E-state index contributed by atoms with van der Waals surface area (Å²) in [6, 6.07) is 2.05. The third-order valence-electron chi connectivity index (χ3n) is 3.54. The number of hydrogen-bond donors (Lipinski definition) is 2. The van der Waals surface area contributed by atoms with Crippen molar-refractivity contribution in [2.75, 3.05) is 18.4 Å². The van der Waals surface area contributed by atoms with Gasteiger partial charge in [-0.05, 0) is 34.5 Å². The van der Waals surface area contributed by atoms with Crippen LogP contribution in [0.1, 0.15) is 19.8 Å². The van der Waals surface area contributed by atoms with Gasteiger partial charge in [0.15, 0.2) is 0 Å². The van der Waals surface area contributed by atoms with Gasteiger partial charge in [0.25, 0.3) is 0 Å². The Morgan fingerprint density at radius 3 is 2.77 bits per heavy atom. The molecule has 1 unspecified atom stereocenters. The van der Waals surface area contributed by atoms with Gasteiger partial charge < -0.3 is 10.2 Å². The monoisotopic (exact) mass is 393 g/mol. The molecule has 1 fully saturated rings. The molecule has 0 saturated carbocycles. The van der Waals surface area contributed by atoms with Gasteiger partial charge in [0.05, 0.1) is 10.6 Å². The number of amides is 1. The molecule has 22 heavy (non-hydrogen) atoms. The van der Waals surface area contributed by atoms with Crippen LogP contribution in [0.4, 0.5) is 10.1 Å². The molecule has 9 heteroatoms. The molecule has 0 radical (unpaired) electrons. The Kier molecular flexibility index (Phi) is 5.08. The molecule has 6 nitrogen and oxygen atoms in total. The second-order valence-electron chi connectivity index (χ2n) is 5.13. The van der Waals surface area contributed by atoms with E-state index in [1.165, 1.54) is 6.07 Å². The predicted octanol–water partition coefficient (Wildman–Crippen LogP) is 1.66. The number of carbonyl (C=O) groups is 1. The molecular formula is C13H17BrFN3O3S. The molecule has 1 aromatic carbocycles. The number of nitrogens with one attached hydrogen (secondary N) is 1. The molecule has 0 aliphatic carbocycles. The maximum atomic E-state index is 14.1. The fourth-order valence-corrected chi connectivity index (χ4v) is 3.64. The standard InChI is InChI=1S/C13H17BrFN3O3S/c1-2-12(19)18-4-3-8(7-18)17-13-10(14)5-9(6-11(13)15)22(16,20)21/h5-6,8,17H,2-4,7H2,1H3,(H2,16,20,21). The molecule has 0 bridgehead atoms. The molecule has 0 spiro atoms. The normalized spacial score (nSPS) is 18.5. The summed E-state index contributed by atoms with van der Waals surface area (Å²) in [7, 11) is -3.97. The Morgan fingerprint density at radius 1 is 1.55 bits per heavy atom. The topological polar surface area (TPSA) is 92.5 Å². The summed E-state index contributed by atoms with van der Waals surface area (Å²) in [6.07, 6.45) is 1.14. The van der Waals surface area contributed by atoms with E-state index in [4.69, 9.17) is 5.14 Å². The van der Waals surface area contributed by atoms with E-state index < -0.39 is 15.8 Å². The molecule has 122 valence electrons. The molecule has 3 N–H and O–H groups in total. The lowest BCUT2D eigenvalue weighted by Crippen LogP contribution is -2.31. The van der Waals surface area contributed by atoms with Crippen molar-refractivity contribution in [3.05, 3.63) is 22.4 Å². The number of nitrogens with zero attached hydrogens (tertiary/aromatic N) is 1. The van der Waals surface area contributed by atoms with Crippen LogP contribution in [0.2, 0.25) is 0 Å². The lowest BCUT2D eigenvalue weighted by Gasteiger charge is -2.18. The van der Waals surface area contributed by atoms with Crippen LogP contribution in [0.5, 0.6) is 0 Å². The van der Waals surface area contributed by atoms with Crippen LogP contribution in [0.25, 0.3) is 0 Å². The largest absolute Gasteiger partial charge is 0.377 e. The van der Waals surface area contributed by atoms with Crippen molar-refractivity contribution >= 4 is 37.5 Å². The first-order valence-corrected chi connectivity index (χ1v) is 9.12. The highest BCUT2D eigenvalue weighted by Gasteiger charge is 2.26. The van der Waals surface area contributed by atoms with Gasteiger partial charge >= 0.3 is 0 Å². The number of carbonyl (C=O) groups excluding carboxylic acids is 1. The second-order valence-corrected chi connectivity index (χ2v) is 7.55. The number of nitrogens with two attached hydrogens (primary N) is 1. The van der Waals surface area contributed by atoms with Crippen molar-refractivity contribution in [3.63, 3.8) is 0 Å². The van der Waals surface area contributed by atoms with E-state index in [1.54, 1.807) is 11.8 Å². The number of halogens is 2. The van der Waals surface area contributed by atoms with Crippen LogP contribution >= 0.6 is 15.9 Å². The number of hydrogen-bond acceptors (Lipinski definition) is 4. The van der Waals surface area contributed by atoms with Crippen molar-refractivity contribution in [2.24, 2.45) is 5.14 Å². The first kappa shape index (κ1) is 17.2. The summed E-state index contributed by atoms with van der Waals surface area (Å²) in [5.41, 5.74) is 0.170. The SMILES string of the molecule is CCC(=O)N1CCC(Nc2c(F)cc(S(N)(=O)=O)cc2Br)C1. The molecule has 0 aromatic heterocycles. The highest BCUT2D eigenvalue weighted by atomic mass is 79.9. The van der Waals surface area contributed by atoms with Crippen LogP contribution in [0, 0.1) is 5.82 Å². The predicted molar refractivity (Wildman–Crippen MR) is 84.4 cm³/mol. The minimum Gasteiger partial charge on any atom is -0.377 e. The first-order chi connectivity index (χ1) is 10.2. The third kappa shape index (κ3) is 3.76. The highest BCUT2D eigenvalue weighted by Crippen LogP contribution is 2.30. The summed E-state index contributed by atoms with van der Waals surface area (Å²) in [4.78, 5) is 13.1. The fourth-order valence-electron chi connectivity index (χ4n) is 2.38. The van der Waals surface area contributed by atoms with Gasteiger partial charge in [0.2, 0.25) is 15.9 Å². The van der Waals surface area contributed by atoms with Crippen LogP contribution in [-0.4, -0.2) is 38.4 Å². The summed E-state index contributed by atoms with van der Waals surface area (Å²) < 4.78 is 36.9. The average Bonchev–Trinajstić information content (AvgIpc) is 2.89. The maximum absolute atomic E-state index is 14.1. The van der Waals surface area contributed by atoms with E-state index in [1.807, 2.05) is 0 Å². The van der Waals surface area contributed by atoms with Crippen molar-refractivity contribution in [1.82, 2.24) is 4.90 Å². The Morgan fingerprint density at radius 2 is 2.23 bits per heavy atom. The average molecular weight is 394 g/mol. The summed E-state index contributed by atoms with van der Waals surface area (Å²) >= 11 is 3.15. The van der Waals surface area contributed by atoms with Crippen molar-refractivity contribution in [1.29, 1.82) is 0 Å². The van der Waals surface area contributed by atoms with E-state index >= 15 is 0 Å². The van der Waals surface area contributed by atoms with Gasteiger partial charge in [0, 0.05) is 30.0 Å². The van der Waals surface area contributed by atoms with E-state index in [9.17, 15) is 17.6 Å². The Hall–Kier alpha value is -1.19. The van der Waals surface area contributed by atoms with Gasteiger partial charge in [-0.25, -0.2) is 17.9 Å². The first-order valence-electron chi connectivity index (χ1n) is 6.78. The van der Waals surface area contributed by atoms with Gasteiger partial charge in [0.1, 0.15) is 5.82 Å². The van der Waals surface area contributed by atoms with Gasteiger partial charge in [-0.3, -0.25) is 4.79 Å². The number of rotatable bonds is 4. The van der Waals surface area contributed by atoms with E-state index in [0.717, 1.165) is 6.07 Å². The Bertz CT molecular complexity index is 673. The Balaban J connectivity index is 2.16. The van der Waals surface area contributed by atoms with Crippen molar-refractivity contribution < 1.29 is 17.6 Å². The number of anilines is 1. The fraction of sp³-hybridized carbons (Fsp3) is 0.462. The van der Waals surface area contributed by atoms with Crippen LogP contribution in [-0.2, 0) is 14.8 Å². The molecule has 1 heterocycles. The highest BCUT2D eigenvalue weighted by molar-refractivity contribution is 9.10. The number of primary sulfonamides is 1. The molecule has 1 atom stereocenters. The van der Waals surface area contributed by atoms with E-state index in [0.29, 0.717) is 25.9 Å². The molecule has 2 rings (SSSR count). The zero-order valence-electron chi connectivity index (χ0n) is 12.0. The smallest absolute Gasteiger partial charge is 0.238 e. The molecule has 1 aromatic rings. The molecule has 1 amide bonds. The lowest BCUT2D eigenvalue weighted by molar-refractivity contribution is -0.129. The van der Waals surface area contributed by atoms with Crippen molar-refractivity contribution in [3.8, 4) is 0 Å². The quantitative estimate of drug-likeness (QED) is 0.813. The molecule has 1 aliphatic rings. The van der Waals surface area contributed by atoms with Crippen LogP contribution in [0.15, 0.2) is 21.5 Å². The number of likely N-dealkylation sites (tertiary alicyclic amines) is 1. The van der Waals surface area contributed by atoms with E-state index in [2.05, 4.69) is 21.2 Å². The summed E-state index contributed by atoms with van der Waals surface area (Å²) in [5.74, 6) is -0.646. The van der Waals surface area contributed by atoms with Crippen LogP contribution < -0.4 is 10.5 Å². The van der Waals surface area contributed by atoms with Gasteiger partial charge in [-0.15, -0.1) is 0 Å². The third-order valence-corrected chi connectivity index (χ3v) is 5.05. The van der Waals surface area contributed by atoms with Gasteiger partial charge in [-0.2, -0.15) is 0 Å². The molecular weight excluding hydrogens is 377 g/mol. The Labute approximate surface area is 137 Å². The zero-order valence-corrected chi connectivity index (χ0v) is 14.4. The van der Waals surface area contributed by atoms with Gasteiger partial charge in [-0.1, -0.05) is 6.92 Å². The molecule has 1 saturated heterocycles. The number of benzene rings is 1. The molecule has 1 aliphatic heterocycles. The zero-order chi connectivity index (χ0) is 16.5. The minimum absolute atomic E-state index is 0.0633. The number of sulfonamides is 1. The maximum Gasteiger partial charge on any atom is 0.238 e. The van der Waals surface area contributed by atoms with Crippen molar-refractivity contribution in [2.45, 2.75) is 30.7 Å². The second kappa shape index (κ2) is 6.51. The summed E-state index contributed by atoms with van der Waals surface area (Å²) in [6.45, 7) is 2.92. The minimum atomic E-state index is -3.97. The lowest BCUT2D eigenvalue weighted by atomic mass is 10.2. The summed E-state index contributed by atoms with van der Waals surface area (Å²) in [5, 5.41) is 8.01. The van der Waals surface area contributed by atoms with E-state index in [-0.39, 0.29) is 27.0 Å².